The number of carbonyl (C=O) groups is 3. The fourth-order valence-electron chi connectivity index (χ4n) is 5.45. The van der Waals surface area contributed by atoms with Crippen LogP contribution in [0.2, 0.25) is 0 Å². The number of fused-ring (bicyclic) bond motifs is 1. The molecule has 0 spiro atoms. The third kappa shape index (κ3) is 4.88. The first-order valence-corrected chi connectivity index (χ1v) is 11.5. The number of Topliss-reactive ketones (excluding diaryl/α,β-unsaturated/α-hetero) is 1. The Bertz CT molecular complexity index is 1020. The van der Waals surface area contributed by atoms with E-state index in [1.165, 1.54) is 0 Å². The van der Waals surface area contributed by atoms with Gasteiger partial charge < -0.3 is 19.5 Å². The van der Waals surface area contributed by atoms with Crippen LogP contribution in [0.1, 0.15) is 50.4 Å². The van der Waals surface area contributed by atoms with Gasteiger partial charge in [0.15, 0.2) is 0 Å². The fourth-order valence-corrected chi connectivity index (χ4v) is 5.45. The van der Waals surface area contributed by atoms with Gasteiger partial charge in [-0.1, -0.05) is 39.0 Å². The predicted octanol–water partition coefficient (Wildman–Crippen LogP) is 3.01. The van der Waals surface area contributed by atoms with Crippen LogP contribution >= 0.6 is 0 Å². The van der Waals surface area contributed by atoms with E-state index in [1.807, 2.05) is 24.3 Å². The Balaban J connectivity index is 1.52. The molecule has 1 saturated carbocycles. The van der Waals surface area contributed by atoms with E-state index in [-0.39, 0.29) is 23.9 Å². The van der Waals surface area contributed by atoms with Gasteiger partial charge in [-0.25, -0.2) is 0 Å². The van der Waals surface area contributed by atoms with E-state index in [1.54, 1.807) is 15.7 Å². The van der Waals surface area contributed by atoms with Crippen LogP contribution in [-0.4, -0.2) is 59.4 Å². The number of carbonyl (C=O) groups excluding carboxylic acids is 3. The zero-order valence-electron chi connectivity index (χ0n) is 19.2. The molecule has 2 amide bonds. The third-order valence-corrected chi connectivity index (χ3v) is 6.63. The number of rotatable bonds is 5. The number of para-hydroxylation sites is 1. The van der Waals surface area contributed by atoms with Gasteiger partial charge in [-0.3, -0.25) is 14.4 Å². The second kappa shape index (κ2) is 9.06. The van der Waals surface area contributed by atoms with Gasteiger partial charge in [-0.05, 0) is 36.7 Å². The highest BCUT2D eigenvalue weighted by Gasteiger charge is 2.34. The molecule has 1 aromatic heterocycles. The number of ether oxygens (including phenoxy) is 1. The summed E-state index contributed by atoms with van der Waals surface area (Å²) in [6.45, 7) is 8.97. The van der Waals surface area contributed by atoms with Crippen LogP contribution in [0.4, 0.5) is 0 Å². The zero-order valence-corrected chi connectivity index (χ0v) is 19.2. The zero-order chi connectivity index (χ0) is 22.9. The number of amides is 2. The third-order valence-electron chi connectivity index (χ3n) is 6.63. The van der Waals surface area contributed by atoms with Crippen LogP contribution in [0, 0.1) is 11.3 Å². The lowest BCUT2D eigenvalue weighted by atomic mass is 9.70. The number of aromatic nitrogens is 1. The molecule has 7 heteroatoms. The van der Waals surface area contributed by atoms with E-state index in [0.29, 0.717) is 43.2 Å². The monoisotopic (exact) mass is 439 g/mol. The number of hydrogen-bond donors (Lipinski definition) is 1. The molecule has 1 aliphatic carbocycles. The van der Waals surface area contributed by atoms with Crippen LogP contribution in [0.5, 0.6) is 0 Å². The first-order chi connectivity index (χ1) is 15.2. The molecule has 2 aliphatic rings. The number of ketones is 1. The number of morpholine rings is 1. The van der Waals surface area contributed by atoms with E-state index in [4.69, 9.17) is 4.74 Å². The molecule has 172 valence electrons. The average Bonchev–Trinajstić information content (AvgIpc) is 3.10. The molecule has 1 aromatic carbocycles. The topological polar surface area (TPSA) is 80.6 Å². The molecule has 2 fully saturated rings. The SMILES string of the molecule is C[C@H]1C[C@@H](NC(=O)C(=O)c2cn(CC(=O)N3CCOCC3)c3ccccc23)CC(C)(C)C1. The molecule has 2 heterocycles. The van der Waals surface area contributed by atoms with Crippen molar-refractivity contribution in [1.29, 1.82) is 0 Å². The summed E-state index contributed by atoms with van der Waals surface area (Å²) in [6, 6.07) is 7.43. The summed E-state index contributed by atoms with van der Waals surface area (Å²) in [6.07, 6.45) is 4.53. The normalized spacial score (nSPS) is 23.2. The summed E-state index contributed by atoms with van der Waals surface area (Å²) in [7, 11) is 0. The minimum absolute atomic E-state index is 0.00134. The first kappa shape index (κ1) is 22.5. The van der Waals surface area contributed by atoms with Crippen molar-refractivity contribution in [3.63, 3.8) is 0 Å². The fraction of sp³-hybridized carbons (Fsp3) is 0.560. The van der Waals surface area contributed by atoms with Gasteiger partial charge in [0.2, 0.25) is 5.91 Å². The summed E-state index contributed by atoms with van der Waals surface area (Å²) < 4.78 is 7.10. The number of benzene rings is 1. The number of hydrogen-bond acceptors (Lipinski definition) is 4. The van der Waals surface area contributed by atoms with E-state index >= 15 is 0 Å². The van der Waals surface area contributed by atoms with Crippen LogP contribution in [-0.2, 0) is 20.9 Å². The van der Waals surface area contributed by atoms with Crippen LogP contribution in [0.25, 0.3) is 10.9 Å². The standard InChI is InChI=1S/C25H33N3O4/c1-17-12-18(14-25(2,3)13-17)26-24(31)23(30)20-15-28(21-7-5-4-6-19(20)21)16-22(29)27-8-10-32-11-9-27/h4-7,15,17-18H,8-14,16H2,1-3H3,(H,26,31)/t17-,18+/m0/s1. The van der Waals surface area contributed by atoms with Crippen molar-refractivity contribution in [2.45, 2.75) is 52.6 Å². The van der Waals surface area contributed by atoms with Crippen LogP contribution in [0.3, 0.4) is 0 Å². The molecule has 0 bridgehead atoms. The van der Waals surface area contributed by atoms with Gasteiger partial charge in [0.05, 0.1) is 18.8 Å². The van der Waals surface area contributed by atoms with Crippen molar-refractivity contribution >= 4 is 28.5 Å². The molecule has 7 nitrogen and oxygen atoms in total. The van der Waals surface area contributed by atoms with Gasteiger partial charge in [-0.2, -0.15) is 0 Å². The maximum absolute atomic E-state index is 13.1. The molecular formula is C25H33N3O4. The number of nitrogens with one attached hydrogen (secondary N) is 1. The van der Waals surface area contributed by atoms with Crippen molar-refractivity contribution in [3.05, 3.63) is 36.0 Å². The highest BCUT2D eigenvalue weighted by atomic mass is 16.5. The molecule has 1 aliphatic heterocycles. The van der Waals surface area contributed by atoms with E-state index in [2.05, 4.69) is 26.1 Å². The summed E-state index contributed by atoms with van der Waals surface area (Å²) in [5.74, 6) is -0.625. The minimum Gasteiger partial charge on any atom is -0.378 e. The Morgan fingerprint density at radius 2 is 1.84 bits per heavy atom. The van der Waals surface area contributed by atoms with Crippen molar-refractivity contribution in [3.8, 4) is 0 Å². The molecule has 1 N–H and O–H groups in total. The number of nitrogens with zero attached hydrogens (tertiary/aromatic N) is 2. The Morgan fingerprint density at radius 3 is 2.56 bits per heavy atom. The van der Waals surface area contributed by atoms with Crippen molar-refractivity contribution < 1.29 is 19.1 Å². The van der Waals surface area contributed by atoms with Gasteiger partial charge in [-0.15, -0.1) is 0 Å². The lowest BCUT2D eigenvalue weighted by molar-refractivity contribution is -0.135. The van der Waals surface area contributed by atoms with Crippen LogP contribution < -0.4 is 5.32 Å². The highest BCUT2D eigenvalue weighted by molar-refractivity contribution is 6.45. The largest absolute Gasteiger partial charge is 0.378 e. The summed E-state index contributed by atoms with van der Waals surface area (Å²) in [5.41, 5.74) is 1.27. The molecule has 0 radical (unpaired) electrons. The second-order valence-electron chi connectivity index (χ2n) is 10.1. The van der Waals surface area contributed by atoms with Crippen molar-refractivity contribution in [2.24, 2.45) is 11.3 Å². The Labute approximate surface area is 189 Å². The molecular weight excluding hydrogens is 406 g/mol. The van der Waals surface area contributed by atoms with Gasteiger partial charge in [0.25, 0.3) is 11.7 Å². The van der Waals surface area contributed by atoms with Gasteiger partial charge in [0.1, 0.15) is 6.54 Å². The Kier molecular flexibility index (Phi) is 6.38. The molecule has 4 rings (SSSR count). The average molecular weight is 440 g/mol. The van der Waals surface area contributed by atoms with Gasteiger partial charge in [0, 0.05) is 36.2 Å². The molecule has 2 aromatic rings. The van der Waals surface area contributed by atoms with E-state index in [9.17, 15) is 14.4 Å². The van der Waals surface area contributed by atoms with Crippen LogP contribution in [0.15, 0.2) is 30.5 Å². The first-order valence-electron chi connectivity index (χ1n) is 11.5. The van der Waals surface area contributed by atoms with Crippen molar-refractivity contribution in [1.82, 2.24) is 14.8 Å². The second-order valence-corrected chi connectivity index (χ2v) is 10.1. The predicted molar refractivity (Wildman–Crippen MR) is 122 cm³/mol. The van der Waals surface area contributed by atoms with E-state index in [0.717, 1.165) is 24.8 Å². The summed E-state index contributed by atoms with van der Waals surface area (Å²) in [5, 5.41) is 3.68. The maximum Gasteiger partial charge on any atom is 0.292 e. The minimum atomic E-state index is -0.567. The molecule has 2 atom stereocenters. The van der Waals surface area contributed by atoms with E-state index < -0.39 is 11.7 Å². The Hall–Kier alpha value is -2.67. The molecule has 1 saturated heterocycles. The lowest BCUT2D eigenvalue weighted by Crippen LogP contribution is -2.45. The smallest absolute Gasteiger partial charge is 0.292 e. The summed E-state index contributed by atoms with van der Waals surface area (Å²) in [4.78, 5) is 40.6. The highest BCUT2D eigenvalue weighted by Crippen LogP contribution is 2.38. The lowest BCUT2D eigenvalue weighted by Gasteiger charge is -2.39. The molecule has 32 heavy (non-hydrogen) atoms. The van der Waals surface area contributed by atoms with Gasteiger partial charge >= 0.3 is 0 Å². The maximum atomic E-state index is 13.1. The molecule has 0 unspecified atom stereocenters. The Morgan fingerprint density at radius 1 is 1.12 bits per heavy atom. The summed E-state index contributed by atoms with van der Waals surface area (Å²) >= 11 is 0. The van der Waals surface area contributed by atoms with Crippen molar-refractivity contribution in [2.75, 3.05) is 26.3 Å². The quantitative estimate of drug-likeness (QED) is 0.574.